The van der Waals surface area contributed by atoms with Gasteiger partial charge in [0.1, 0.15) is 0 Å². The Morgan fingerprint density at radius 2 is 2.10 bits per heavy atom. The van der Waals surface area contributed by atoms with Gasteiger partial charge in [-0.1, -0.05) is 25.8 Å². The molecule has 2 fully saturated rings. The van der Waals surface area contributed by atoms with Crippen molar-refractivity contribution in [3.05, 3.63) is 40.3 Å². The minimum atomic E-state index is -0.439. The summed E-state index contributed by atoms with van der Waals surface area (Å²) in [4.78, 5) is 12.7. The Kier molecular flexibility index (Phi) is 5.75. The van der Waals surface area contributed by atoms with Crippen molar-refractivity contribution in [1.82, 2.24) is 20.4 Å². The molecular weight excluding hydrogens is 390 g/mol. The molecule has 154 valence electrons. The zero-order chi connectivity index (χ0) is 20.4. The second-order valence-corrected chi connectivity index (χ2v) is 8.37. The molecule has 2 aliphatic rings. The number of nitrogens with zero attached hydrogens (tertiary/aromatic N) is 4. The number of benzene rings is 1. The first-order valence-electron chi connectivity index (χ1n) is 10.2. The summed E-state index contributed by atoms with van der Waals surface area (Å²) in [5.41, 5.74) is 0.529. The lowest BCUT2D eigenvalue weighted by Gasteiger charge is -2.33. The lowest BCUT2D eigenvalue weighted by atomic mass is 9.86. The van der Waals surface area contributed by atoms with E-state index in [0.29, 0.717) is 36.0 Å². The fraction of sp³-hybridized carbons (Fsp3) is 0.550. The van der Waals surface area contributed by atoms with Gasteiger partial charge < -0.3 is 14.6 Å². The van der Waals surface area contributed by atoms with Crippen molar-refractivity contribution < 1.29 is 9.34 Å². The van der Waals surface area contributed by atoms with Gasteiger partial charge in [-0.15, -0.1) is 10.2 Å². The van der Waals surface area contributed by atoms with Crippen LogP contribution in [0.25, 0.3) is 11.5 Å². The molecular formula is C20H25N5O3S. The molecule has 2 atom stereocenters. The lowest BCUT2D eigenvalue weighted by Crippen LogP contribution is -2.48. The van der Waals surface area contributed by atoms with E-state index < -0.39 is 4.92 Å². The number of nitro benzene ring substituents is 1. The third kappa shape index (κ3) is 4.72. The van der Waals surface area contributed by atoms with Gasteiger partial charge in [0, 0.05) is 29.8 Å². The van der Waals surface area contributed by atoms with E-state index >= 15 is 0 Å². The quantitative estimate of drug-likeness (QED) is 0.428. The van der Waals surface area contributed by atoms with Crippen molar-refractivity contribution in [2.24, 2.45) is 5.92 Å². The standard InChI is InChI=1S/C20H25N5O3S/c1-13-5-2-3-8-17(13)21-20(29)24(15-9-10-15)12-18-22-23-19(28-18)14-6-4-7-16(11-14)25(26)27/h4,6-7,11,13,15,17H,2-3,5,8-10,12H2,1H3,(H,21,29)/t13-,17-/m0/s1. The molecule has 1 aromatic carbocycles. The maximum Gasteiger partial charge on any atom is 0.270 e. The van der Waals surface area contributed by atoms with Crippen molar-refractivity contribution in [1.29, 1.82) is 0 Å². The molecule has 8 nitrogen and oxygen atoms in total. The smallest absolute Gasteiger partial charge is 0.270 e. The van der Waals surface area contributed by atoms with Gasteiger partial charge in [-0.25, -0.2) is 0 Å². The number of non-ortho nitro benzene ring substituents is 1. The molecule has 0 radical (unpaired) electrons. The molecule has 2 saturated carbocycles. The molecule has 1 heterocycles. The second kappa shape index (κ2) is 8.44. The predicted octanol–water partition coefficient (Wildman–Crippen LogP) is 4.06. The normalized spacial score (nSPS) is 21.6. The van der Waals surface area contributed by atoms with Gasteiger partial charge in [0.2, 0.25) is 11.8 Å². The zero-order valence-electron chi connectivity index (χ0n) is 16.4. The average Bonchev–Trinajstić information content (AvgIpc) is 3.45. The summed E-state index contributed by atoms with van der Waals surface area (Å²) in [6, 6.07) is 7.03. The van der Waals surface area contributed by atoms with Crippen LogP contribution >= 0.6 is 12.2 Å². The highest BCUT2D eigenvalue weighted by Gasteiger charge is 2.33. The fourth-order valence-electron chi connectivity index (χ4n) is 3.86. The molecule has 0 unspecified atom stereocenters. The van der Waals surface area contributed by atoms with Crippen LogP contribution in [0.15, 0.2) is 28.7 Å². The van der Waals surface area contributed by atoms with E-state index in [1.807, 2.05) is 0 Å². The van der Waals surface area contributed by atoms with Crippen LogP contribution in [0.4, 0.5) is 5.69 Å². The van der Waals surface area contributed by atoms with Crippen molar-refractivity contribution in [2.45, 2.75) is 64.1 Å². The molecule has 1 N–H and O–H groups in total. The van der Waals surface area contributed by atoms with Gasteiger partial charge in [0.05, 0.1) is 11.5 Å². The molecule has 9 heteroatoms. The third-order valence-corrected chi connectivity index (χ3v) is 6.10. The number of hydrogen-bond acceptors (Lipinski definition) is 6. The fourth-order valence-corrected chi connectivity index (χ4v) is 4.22. The van der Waals surface area contributed by atoms with Gasteiger partial charge in [-0.05, 0) is 49.9 Å². The summed E-state index contributed by atoms with van der Waals surface area (Å²) in [5, 5.41) is 23.5. The van der Waals surface area contributed by atoms with Gasteiger partial charge in [-0.2, -0.15) is 0 Å². The molecule has 4 rings (SSSR count). The third-order valence-electron chi connectivity index (χ3n) is 5.75. The summed E-state index contributed by atoms with van der Waals surface area (Å²) in [6.07, 6.45) is 7.13. The Morgan fingerprint density at radius 3 is 2.83 bits per heavy atom. The zero-order valence-corrected chi connectivity index (χ0v) is 17.2. The van der Waals surface area contributed by atoms with Crippen LogP contribution in [-0.4, -0.2) is 37.2 Å². The predicted molar refractivity (Wildman–Crippen MR) is 112 cm³/mol. The first kappa shape index (κ1) is 19.8. The van der Waals surface area contributed by atoms with Crippen LogP contribution in [0.2, 0.25) is 0 Å². The average molecular weight is 416 g/mol. The molecule has 1 aromatic heterocycles. The maximum absolute atomic E-state index is 11.0. The maximum atomic E-state index is 11.0. The van der Waals surface area contributed by atoms with Crippen LogP contribution < -0.4 is 5.32 Å². The van der Waals surface area contributed by atoms with Crippen molar-refractivity contribution in [3.63, 3.8) is 0 Å². The first-order chi connectivity index (χ1) is 14.0. The number of nitro groups is 1. The molecule has 0 saturated heterocycles. The minimum absolute atomic E-state index is 0.00571. The Bertz CT molecular complexity index is 898. The molecule has 29 heavy (non-hydrogen) atoms. The second-order valence-electron chi connectivity index (χ2n) is 7.99. The van der Waals surface area contributed by atoms with E-state index in [-0.39, 0.29) is 11.6 Å². The highest BCUT2D eigenvalue weighted by Crippen LogP contribution is 2.30. The Balaban J connectivity index is 1.45. The summed E-state index contributed by atoms with van der Waals surface area (Å²) >= 11 is 5.72. The minimum Gasteiger partial charge on any atom is -0.419 e. The number of nitrogens with one attached hydrogen (secondary N) is 1. The van der Waals surface area contributed by atoms with Gasteiger partial charge in [0.15, 0.2) is 5.11 Å². The molecule has 2 aromatic rings. The van der Waals surface area contributed by atoms with E-state index in [0.717, 1.165) is 24.4 Å². The number of aromatic nitrogens is 2. The molecule has 0 bridgehead atoms. The van der Waals surface area contributed by atoms with Gasteiger partial charge in [0.25, 0.3) is 5.69 Å². The summed E-state index contributed by atoms with van der Waals surface area (Å²) in [6.45, 7) is 2.73. The van der Waals surface area contributed by atoms with Crippen LogP contribution in [0.5, 0.6) is 0 Å². The SMILES string of the molecule is C[C@H]1CCCC[C@@H]1NC(=S)N(Cc1nnc(-c2cccc([N+](=O)[O-])c2)o1)C1CC1. The summed E-state index contributed by atoms with van der Waals surface area (Å²) in [5.74, 6) is 1.35. The van der Waals surface area contributed by atoms with Crippen LogP contribution in [-0.2, 0) is 6.54 Å². The van der Waals surface area contributed by atoms with E-state index in [2.05, 4.69) is 27.3 Å². The van der Waals surface area contributed by atoms with Crippen LogP contribution in [0.3, 0.4) is 0 Å². The molecule has 2 aliphatic carbocycles. The van der Waals surface area contributed by atoms with E-state index in [1.54, 1.807) is 12.1 Å². The van der Waals surface area contributed by atoms with E-state index in [1.165, 1.54) is 31.4 Å². The Labute approximate surface area is 174 Å². The van der Waals surface area contributed by atoms with Crippen molar-refractivity contribution in [3.8, 4) is 11.5 Å². The lowest BCUT2D eigenvalue weighted by molar-refractivity contribution is -0.384. The molecule has 0 aliphatic heterocycles. The monoisotopic (exact) mass is 415 g/mol. The Morgan fingerprint density at radius 1 is 1.31 bits per heavy atom. The van der Waals surface area contributed by atoms with Gasteiger partial charge >= 0.3 is 0 Å². The summed E-state index contributed by atoms with van der Waals surface area (Å²) in [7, 11) is 0. The van der Waals surface area contributed by atoms with E-state index in [4.69, 9.17) is 16.6 Å². The number of thiocarbonyl (C=S) groups is 1. The number of hydrogen-bond donors (Lipinski definition) is 1. The topological polar surface area (TPSA) is 97.3 Å². The molecule has 0 amide bonds. The first-order valence-corrected chi connectivity index (χ1v) is 10.6. The number of rotatable bonds is 6. The highest BCUT2D eigenvalue weighted by atomic mass is 32.1. The Hall–Kier alpha value is -2.55. The summed E-state index contributed by atoms with van der Waals surface area (Å²) < 4.78 is 5.80. The van der Waals surface area contributed by atoms with Crippen molar-refractivity contribution in [2.75, 3.05) is 0 Å². The highest BCUT2D eigenvalue weighted by molar-refractivity contribution is 7.80. The molecule has 0 spiro atoms. The van der Waals surface area contributed by atoms with Crippen LogP contribution in [0.1, 0.15) is 51.3 Å². The van der Waals surface area contributed by atoms with E-state index in [9.17, 15) is 10.1 Å². The van der Waals surface area contributed by atoms with Crippen LogP contribution in [0, 0.1) is 16.0 Å². The van der Waals surface area contributed by atoms with Gasteiger partial charge in [-0.3, -0.25) is 10.1 Å². The van der Waals surface area contributed by atoms with Crippen molar-refractivity contribution >= 4 is 23.0 Å². The largest absolute Gasteiger partial charge is 0.419 e.